The minimum absolute atomic E-state index is 0.241. The molecule has 2 rings (SSSR count). The molecule has 0 aliphatic rings. The van der Waals surface area contributed by atoms with Crippen molar-refractivity contribution in [3.8, 4) is 0 Å². The van der Waals surface area contributed by atoms with Crippen LogP contribution in [0.5, 0.6) is 0 Å². The van der Waals surface area contributed by atoms with Crippen molar-refractivity contribution in [2.45, 2.75) is 32.9 Å². The van der Waals surface area contributed by atoms with Crippen molar-refractivity contribution in [3.63, 3.8) is 0 Å². The first-order valence-corrected chi connectivity index (χ1v) is 8.47. The first-order valence-electron chi connectivity index (χ1n) is 8.47. The summed E-state index contributed by atoms with van der Waals surface area (Å²) in [7, 11) is 0. The second kappa shape index (κ2) is 9.95. The van der Waals surface area contributed by atoms with E-state index in [2.05, 4.69) is 21.1 Å². The van der Waals surface area contributed by atoms with E-state index in [0.29, 0.717) is 12.3 Å². The number of aromatic nitrogens is 1. The molecule has 2 aromatic rings. The Morgan fingerprint density at radius 2 is 1.93 bits per heavy atom. The molecule has 0 aliphatic carbocycles. The van der Waals surface area contributed by atoms with Crippen LogP contribution in [-0.2, 0) is 20.9 Å². The third-order valence-corrected chi connectivity index (χ3v) is 3.51. The molecule has 0 saturated carbocycles. The lowest BCUT2D eigenvalue weighted by Gasteiger charge is -2.15. The van der Waals surface area contributed by atoms with Gasteiger partial charge >= 0.3 is 12.0 Å². The third kappa shape index (κ3) is 6.81. The SMILES string of the molecule is CC[C@H](OC(=O)CNC(=O)NCc1ccccc1)C(=O)Nc1cc(C)on1. The van der Waals surface area contributed by atoms with Crippen molar-refractivity contribution in [1.82, 2.24) is 15.8 Å². The van der Waals surface area contributed by atoms with Crippen molar-refractivity contribution in [2.75, 3.05) is 11.9 Å². The molecule has 144 valence electrons. The smallest absolute Gasteiger partial charge is 0.326 e. The van der Waals surface area contributed by atoms with Crippen LogP contribution in [-0.4, -0.2) is 35.7 Å². The minimum atomic E-state index is -0.997. The lowest BCUT2D eigenvalue weighted by Crippen LogP contribution is -2.40. The number of amides is 3. The van der Waals surface area contributed by atoms with Gasteiger partial charge in [-0.3, -0.25) is 9.59 Å². The molecule has 3 amide bonds. The quantitative estimate of drug-likeness (QED) is 0.605. The highest BCUT2D eigenvalue weighted by Gasteiger charge is 2.22. The Labute approximate surface area is 156 Å². The van der Waals surface area contributed by atoms with E-state index in [9.17, 15) is 14.4 Å². The number of esters is 1. The van der Waals surface area contributed by atoms with Gasteiger partial charge in [0.2, 0.25) is 0 Å². The second-order valence-electron chi connectivity index (χ2n) is 5.72. The lowest BCUT2D eigenvalue weighted by atomic mass is 10.2. The number of ether oxygens (including phenoxy) is 1. The topological polar surface area (TPSA) is 123 Å². The van der Waals surface area contributed by atoms with Crippen LogP contribution in [0.3, 0.4) is 0 Å². The standard InChI is InChI=1S/C18H22N4O5/c1-3-14(17(24)21-15-9-12(2)27-22-15)26-16(23)11-20-18(25)19-10-13-7-5-4-6-8-13/h4-9,14H,3,10-11H2,1-2H3,(H2,19,20,25)(H,21,22,24)/t14-/m0/s1. The maximum atomic E-state index is 12.1. The molecule has 0 radical (unpaired) electrons. The molecule has 1 atom stereocenters. The highest BCUT2D eigenvalue weighted by molar-refractivity contribution is 5.94. The normalized spacial score (nSPS) is 11.3. The Kier molecular flexibility index (Phi) is 7.36. The molecule has 1 heterocycles. The Hall–Kier alpha value is -3.36. The summed E-state index contributed by atoms with van der Waals surface area (Å²) in [6, 6.07) is 10.4. The van der Waals surface area contributed by atoms with Crippen LogP contribution in [0.4, 0.5) is 10.6 Å². The van der Waals surface area contributed by atoms with E-state index in [1.54, 1.807) is 19.9 Å². The lowest BCUT2D eigenvalue weighted by molar-refractivity contribution is -0.153. The second-order valence-corrected chi connectivity index (χ2v) is 5.72. The van der Waals surface area contributed by atoms with E-state index in [1.165, 1.54) is 0 Å². The minimum Gasteiger partial charge on any atom is -0.451 e. The van der Waals surface area contributed by atoms with Crippen molar-refractivity contribution < 1.29 is 23.6 Å². The van der Waals surface area contributed by atoms with Gasteiger partial charge in [0.1, 0.15) is 12.3 Å². The van der Waals surface area contributed by atoms with Gasteiger partial charge in [-0.1, -0.05) is 42.4 Å². The predicted molar refractivity (Wildman–Crippen MR) is 96.7 cm³/mol. The summed E-state index contributed by atoms with van der Waals surface area (Å²) < 4.78 is 9.95. The number of urea groups is 1. The van der Waals surface area contributed by atoms with Crippen molar-refractivity contribution in [3.05, 3.63) is 47.7 Å². The average Bonchev–Trinajstić information content (AvgIpc) is 3.08. The summed E-state index contributed by atoms with van der Waals surface area (Å²) in [4.78, 5) is 35.7. The molecule has 0 unspecified atom stereocenters. The summed E-state index contributed by atoms with van der Waals surface area (Å²) in [5, 5.41) is 11.2. The van der Waals surface area contributed by atoms with Crippen LogP contribution in [0.2, 0.25) is 0 Å². The molecule has 0 fully saturated rings. The summed E-state index contributed by atoms with van der Waals surface area (Å²) >= 11 is 0. The molecule has 0 spiro atoms. The first kappa shape index (κ1) is 20.0. The van der Waals surface area contributed by atoms with Crippen LogP contribution >= 0.6 is 0 Å². The molecular weight excluding hydrogens is 352 g/mol. The monoisotopic (exact) mass is 374 g/mol. The number of carbonyl (C=O) groups excluding carboxylic acids is 3. The van der Waals surface area contributed by atoms with Crippen LogP contribution < -0.4 is 16.0 Å². The molecule has 0 saturated heterocycles. The molecule has 9 heteroatoms. The van der Waals surface area contributed by atoms with Crippen molar-refractivity contribution in [1.29, 1.82) is 0 Å². The maximum absolute atomic E-state index is 12.1. The van der Waals surface area contributed by atoms with Gasteiger partial charge in [-0.05, 0) is 18.9 Å². The summed E-state index contributed by atoms with van der Waals surface area (Å²) in [6.45, 7) is 3.37. The molecule has 9 nitrogen and oxygen atoms in total. The third-order valence-electron chi connectivity index (χ3n) is 3.51. The van der Waals surface area contributed by atoms with Gasteiger partial charge in [0.15, 0.2) is 11.9 Å². The van der Waals surface area contributed by atoms with E-state index in [0.717, 1.165) is 5.56 Å². The maximum Gasteiger partial charge on any atom is 0.326 e. The number of hydrogen-bond donors (Lipinski definition) is 3. The van der Waals surface area contributed by atoms with Crippen LogP contribution in [0.15, 0.2) is 40.9 Å². The Morgan fingerprint density at radius 3 is 2.56 bits per heavy atom. The number of benzene rings is 1. The zero-order valence-electron chi connectivity index (χ0n) is 15.2. The molecule has 27 heavy (non-hydrogen) atoms. The number of anilines is 1. The van der Waals surface area contributed by atoms with Gasteiger partial charge in [0.25, 0.3) is 5.91 Å². The summed E-state index contributed by atoms with van der Waals surface area (Å²) in [5.74, 6) is -0.456. The molecule has 0 bridgehead atoms. The zero-order valence-corrected chi connectivity index (χ0v) is 15.2. The number of aryl methyl sites for hydroxylation is 1. The molecule has 1 aromatic carbocycles. The summed E-state index contributed by atoms with van der Waals surface area (Å²) in [6.07, 6.45) is -0.724. The van der Waals surface area contributed by atoms with Crippen molar-refractivity contribution >= 4 is 23.7 Å². The Bertz CT molecular complexity index is 775. The van der Waals surface area contributed by atoms with Crippen LogP contribution in [0, 0.1) is 6.92 Å². The average molecular weight is 374 g/mol. The summed E-state index contributed by atoms with van der Waals surface area (Å²) in [5.41, 5.74) is 0.932. The van der Waals surface area contributed by atoms with E-state index in [-0.39, 0.29) is 18.8 Å². The molecule has 0 aliphatic heterocycles. The van der Waals surface area contributed by atoms with Crippen LogP contribution in [0.1, 0.15) is 24.7 Å². The van der Waals surface area contributed by atoms with Gasteiger partial charge in [0, 0.05) is 12.6 Å². The molecule has 1 aromatic heterocycles. The van der Waals surface area contributed by atoms with Crippen LogP contribution in [0.25, 0.3) is 0 Å². The fourth-order valence-corrected chi connectivity index (χ4v) is 2.15. The highest BCUT2D eigenvalue weighted by Crippen LogP contribution is 2.09. The zero-order chi connectivity index (χ0) is 19.6. The fourth-order valence-electron chi connectivity index (χ4n) is 2.15. The number of rotatable bonds is 8. The van der Waals surface area contributed by atoms with Gasteiger partial charge in [-0.25, -0.2) is 4.79 Å². The molecule has 3 N–H and O–H groups in total. The highest BCUT2D eigenvalue weighted by atomic mass is 16.5. The van der Waals surface area contributed by atoms with Gasteiger partial charge in [0.05, 0.1) is 0 Å². The van der Waals surface area contributed by atoms with Crippen molar-refractivity contribution in [2.24, 2.45) is 0 Å². The van der Waals surface area contributed by atoms with Gasteiger partial charge in [-0.15, -0.1) is 0 Å². The largest absolute Gasteiger partial charge is 0.451 e. The van der Waals surface area contributed by atoms with E-state index < -0.39 is 24.0 Å². The number of carbonyl (C=O) groups is 3. The Morgan fingerprint density at radius 1 is 1.19 bits per heavy atom. The Balaban J connectivity index is 1.72. The van der Waals surface area contributed by atoms with Gasteiger partial charge < -0.3 is 25.2 Å². The van der Waals surface area contributed by atoms with E-state index in [1.807, 2.05) is 30.3 Å². The number of nitrogens with one attached hydrogen (secondary N) is 3. The number of nitrogens with zero attached hydrogens (tertiary/aromatic N) is 1. The fraction of sp³-hybridized carbons (Fsp3) is 0.333. The van der Waals surface area contributed by atoms with Gasteiger partial charge in [-0.2, -0.15) is 0 Å². The van der Waals surface area contributed by atoms with E-state index >= 15 is 0 Å². The van der Waals surface area contributed by atoms with E-state index in [4.69, 9.17) is 9.26 Å². The molecular formula is C18H22N4O5. The number of hydrogen-bond acceptors (Lipinski definition) is 6. The first-order chi connectivity index (χ1) is 13.0. The predicted octanol–water partition coefficient (Wildman–Crippen LogP) is 1.74.